The van der Waals surface area contributed by atoms with Crippen molar-refractivity contribution in [1.29, 1.82) is 0 Å². The Morgan fingerprint density at radius 1 is 1.56 bits per heavy atom. The Hall–Kier alpha value is -2.04. The van der Waals surface area contributed by atoms with Crippen LogP contribution in [0.2, 0.25) is 0 Å². The molecule has 5 nitrogen and oxygen atoms in total. The standard InChI is InChI=1S/C13H17NO4/c1-3-9-4-5-10(6-12(9)18-2)11(14-8-15)7-13(16)17/h4-6,8,11H,3,7H2,1-2H3,(H,14,15)(H,16,17)/t11-/m0/s1. The molecular weight excluding hydrogens is 234 g/mol. The Morgan fingerprint density at radius 2 is 2.28 bits per heavy atom. The topological polar surface area (TPSA) is 75.6 Å². The fourth-order valence-electron chi connectivity index (χ4n) is 1.80. The third kappa shape index (κ3) is 3.48. The van der Waals surface area contributed by atoms with Crippen molar-refractivity contribution in [3.8, 4) is 5.75 Å². The summed E-state index contributed by atoms with van der Waals surface area (Å²) < 4.78 is 5.25. The fraction of sp³-hybridized carbons (Fsp3) is 0.385. The molecule has 1 aromatic carbocycles. The highest BCUT2D eigenvalue weighted by Gasteiger charge is 2.16. The summed E-state index contributed by atoms with van der Waals surface area (Å²) in [7, 11) is 1.57. The van der Waals surface area contributed by atoms with Crippen LogP contribution in [0.5, 0.6) is 5.75 Å². The van der Waals surface area contributed by atoms with Crippen molar-refractivity contribution in [2.45, 2.75) is 25.8 Å². The van der Waals surface area contributed by atoms with Gasteiger partial charge in [0.1, 0.15) is 5.75 Å². The van der Waals surface area contributed by atoms with Gasteiger partial charge in [0.15, 0.2) is 0 Å². The normalized spacial score (nSPS) is 11.7. The minimum absolute atomic E-state index is 0.159. The summed E-state index contributed by atoms with van der Waals surface area (Å²) in [4.78, 5) is 21.3. The van der Waals surface area contributed by atoms with Gasteiger partial charge in [-0.2, -0.15) is 0 Å². The number of carbonyl (C=O) groups is 2. The highest BCUT2D eigenvalue weighted by Crippen LogP contribution is 2.25. The van der Waals surface area contributed by atoms with Crippen LogP contribution in [0, 0.1) is 0 Å². The van der Waals surface area contributed by atoms with Crippen LogP contribution in [0.1, 0.15) is 30.5 Å². The first kappa shape index (κ1) is 14.0. The fourth-order valence-corrected chi connectivity index (χ4v) is 1.80. The molecule has 0 radical (unpaired) electrons. The van der Waals surface area contributed by atoms with Gasteiger partial charge in [-0.3, -0.25) is 9.59 Å². The molecule has 0 fully saturated rings. The summed E-state index contributed by atoms with van der Waals surface area (Å²) in [5.74, 6) is -0.258. The van der Waals surface area contributed by atoms with Crippen LogP contribution in [0.15, 0.2) is 18.2 Å². The summed E-state index contributed by atoms with van der Waals surface area (Å²) in [5.41, 5.74) is 1.76. The molecular formula is C13H17NO4. The van der Waals surface area contributed by atoms with Crippen LogP contribution in [0.4, 0.5) is 0 Å². The molecule has 18 heavy (non-hydrogen) atoms. The predicted octanol–water partition coefficient (Wildman–Crippen LogP) is 1.52. The van der Waals surface area contributed by atoms with E-state index in [0.29, 0.717) is 12.2 Å². The first-order valence-corrected chi connectivity index (χ1v) is 5.70. The van der Waals surface area contributed by atoms with Crippen LogP contribution in [0.25, 0.3) is 0 Å². The van der Waals surface area contributed by atoms with Gasteiger partial charge >= 0.3 is 5.97 Å². The van der Waals surface area contributed by atoms with Crippen molar-refractivity contribution in [2.24, 2.45) is 0 Å². The summed E-state index contributed by atoms with van der Waals surface area (Å²) in [6, 6.07) is 4.92. The lowest BCUT2D eigenvalue weighted by Crippen LogP contribution is -2.22. The van der Waals surface area contributed by atoms with Crippen molar-refractivity contribution in [3.05, 3.63) is 29.3 Å². The van der Waals surface area contributed by atoms with E-state index in [2.05, 4.69) is 5.32 Å². The number of benzene rings is 1. The molecule has 0 unspecified atom stereocenters. The van der Waals surface area contributed by atoms with E-state index in [1.165, 1.54) is 0 Å². The Kier molecular flexibility index (Phi) is 5.17. The summed E-state index contributed by atoms with van der Waals surface area (Å²) in [6.45, 7) is 2.01. The van der Waals surface area contributed by atoms with E-state index in [4.69, 9.17) is 9.84 Å². The number of amides is 1. The maximum Gasteiger partial charge on any atom is 0.305 e. The van der Waals surface area contributed by atoms with Crippen LogP contribution < -0.4 is 10.1 Å². The monoisotopic (exact) mass is 251 g/mol. The number of methoxy groups -OCH3 is 1. The highest BCUT2D eigenvalue weighted by atomic mass is 16.5. The Labute approximate surface area is 106 Å². The number of carboxylic acid groups (broad SMARTS) is 1. The number of hydrogen-bond donors (Lipinski definition) is 2. The number of hydrogen-bond acceptors (Lipinski definition) is 3. The van der Waals surface area contributed by atoms with E-state index in [0.717, 1.165) is 17.5 Å². The van der Waals surface area contributed by atoms with Gasteiger partial charge < -0.3 is 15.2 Å². The molecule has 0 aliphatic carbocycles. The molecule has 0 bridgehead atoms. The lowest BCUT2D eigenvalue weighted by molar-refractivity contribution is -0.137. The quantitative estimate of drug-likeness (QED) is 0.720. The van der Waals surface area contributed by atoms with E-state index in [1.54, 1.807) is 13.2 Å². The third-order valence-corrected chi connectivity index (χ3v) is 2.74. The first-order valence-electron chi connectivity index (χ1n) is 5.70. The third-order valence-electron chi connectivity index (χ3n) is 2.74. The summed E-state index contributed by atoms with van der Waals surface area (Å²) >= 11 is 0. The van der Waals surface area contributed by atoms with Crippen molar-refractivity contribution in [2.75, 3.05) is 7.11 Å². The van der Waals surface area contributed by atoms with Gasteiger partial charge in [0, 0.05) is 0 Å². The first-order chi connectivity index (χ1) is 8.62. The van der Waals surface area contributed by atoms with E-state index < -0.39 is 12.0 Å². The van der Waals surface area contributed by atoms with Crippen LogP contribution >= 0.6 is 0 Å². The van der Waals surface area contributed by atoms with Crippen LogP contribution in [-0.4, -0.2) is 24.6 Å². The number of ether oxygens (including phenoxy) is 1. The van der Waals surface area contributed by atoms with E-state index in [1.807, 2.05) is 19.1 Å². The number of nitrogens with one attached hydrogen (secondary N) is 1. The average Bonchev–Trinajstić information content (AvgIpc) is 2.37. The van der Waals surface area contributed by atoms with Crippen molar-refractivity contribution >= 4 is 12.4 Å². The molecule has 0 spiro atoms. The zero-order valence-corrected chi connectivity index (χ0v) is 10.5. The molecule has 1 atom stereocenters. The van der Waals surface area contributed by atoms with E-state index in [-0.39, 0.29) is 6.42 Å². The molecule has 1 aromatic rings. The van der Waals surface area contributed by atoms with Gasteiger partial charge in [-0.05, 0) is 23.6 Å². The van der Waals surface area contributed by atoms with Crippen molar-refractivity contribution in [3.63, 3.8) is 0 Å². The average molecular weight is 251 g/mol. The van der Waals surface area contributed by atoms with Crippen molar-refractivity contribution in [1.82, 2.24) is 5.32 Å². The van der Waals surface area contributed by atoms with Crippen LogP contribution in [-0.2, 0) is 16.0 Å². The van der Waals surface area contributed by atoms with Crippen LogP contribution in [0.3, 0.4) is 0 Å². The molecule has 2 N–H and O–H groups in total. The molecule has 98 valence electrons. The lowest BCUT2D eigenvalue weighted by atomic mass is 10.0. The minimum atomic E-state index is -0.965. The van der Waals surface area contributed by atoms with Gasteiger partial charge in [0.25, 0.3) is 0 Å². The molecule has 1 amide bonds. The minimum Gasteiger partial charge on any atom is -0.496 e. The van der Waals surface area contributed by atoms with Gasteiger partial charge in [-0.25, -0.2) is 0 Å². The number of aliphatic carboxylic acids is 1. The second-order valence-electron chi connectivity index (χ2n) is 3.86. The molecule has 0 aliphatic rings. The maximum absolute atomic E-state index is 10.7. The summed E-state index contributed by atoms with van der Waals surface area (Å²) in [6.07, 6.45) is 1.18. The highest BCUT2D eigenvalue weighted by molar-refractivity contribution is 5.68. The number of carbonyl (C=O) groups excluding carboxylic acids is 1. The summed E-state index contributed by atoms with van der Waals surface area (Å²) in [5, 5.41) is 11.3. The molecule has 1 rings (SSSR count). The Morgan fingerprint density at radius 3 is 2.78 bits per heavy atom. The van der Waals surface area contributed by atoms with Gasteiger partial charge in [0.05, 0.1) is 19.6 Å². The molecule has 0 saturated carbocycles. The van der Waals surface area contributed by atoms with Gasteiger partial charge in [-0.1, -0.05) is 19.1 Å². The second kappa shape index (κ2) is 6.64. The van der Waals surface area contributed by atoms with E-state index in [9.17, 15) is 9.59 Å². The largest absolute Gasteiger partial charge is 0.496 e. The Bertz CT molecular complexity index is 431. The van der Waals surface area contributed by atoms with Crippen molar-refractivity contribution < 1.29 is 19.4 Å². The second-order valence-corrected chi connectivity index (χ2v) is 3.86. The SMILES string of the molecule is CCc1ccc([C@H](CC(=O)O)NC=O)cc1OC. The Balaban J connectivity index is 3.04. The lowest BCUT2D eigenvalue weighted by Gasteiger charge is -2.16. The predicted molar refractivity (Wildman–Crippen MR) is 66.6 cm³/mol. The maximum atomic E-state index is 10.7. The van der Waals surface area contributed by atoms with E-state index >= 15 is 0 Å². The molecule has 0 aliphatic heterocycles. The number of carboxylic acids is 1. The zero-order valence-electron chi connectivity index (χ0n) is 10.5. The van der Waals surface area contributed by atoms with Gasteiger partial charge in [-0.15, -0.1) is 0 Å². The number of rotatable bonds is 7. The molecule has 0 saturated heterocycles. The molecule has 0 aromatic heterocycles. The molecule has 5 heteroatoms. The zero-order chi connectivity index (χ0) is 13.5. The van der Waals surface area contributed by atoms with Gasteiger partial charge in [0.2, 0.25) is 6.41 Å². The molecule has 0 heterocycles. The number of aryl methyl sites for hydroxylation is 1. The smallest absolute Gasteiger partial charge is 0.305 e.